The van der Waals surface area contributed by atoms with Crippen molar-refractivity contribution in [3.8, 4) is 0 Å². The van der Waals surface area contributed by atoms with E-state index in [4.69, 9.17) is 10.3 Å². The Morgan fingerprint density at radius 2 is 2.00 bits per heavy atom. The van der Waals surface area contributed by atoms with Gasteiger partial charge in [0.05, 0.1) is 5.54 Å². The molecule has 0 spiro atoms. The highest BCUT2D eigenvalue weighted by Gasteiger charge is 2.49. The van der Waals surface area contributed by atoms with Crippen LogP contribution in [0.5, 0.6) is 0 Å². The average molecular weight is 269 g/mol. The smallest absolute Gasteiger partial charge is 0.232 e. The first-order valence-corrected chi connectivity index (χ1v) is 7.54. The number of nitrogens with two attached hydrogens (primary N) is 1. The average Bonchev–Trinajstić information content (AvgIpc) is 2.71. The molecule has 18 heavy (non-hydrogen) atoms. The molecule has 102 valence electrons. The molecule has 0 aliphatic carbocycles. The van der Waals surface area contributed by atoms with Crippen LogP contribution >= 0.6 is 11.8 Å². The van der Waals surface area contributed by atoms with Crippen LogP contribution in [0.25, 0.3) is 0 Å². The van der Waals surface area contributed by atoms with Gasteiger partial charge in [0.25, 0.3) is 0 Å². The summed E-state index contributed by atoms with van der Waals surface area (Å²) in [6.45, 7) is 10.6. The van der Waals surface area contributed by atoms with E-state index in [9.17, 15) is 0 Å². The van der Waals surface area contributed by atoms with Gasteiger partial charge in [0.1, 0.15) is 0 Å². The third-order valence-electron chi connectivity index (χ3n) is 3.88. The van der Waals surface area contributed by atoms with E-state index in [1.807, 2.05) is 11.8 Å². The lowest BCUT2D eigenvalue weighted by atomic mass is 9.71. The molecule has 1 fully saturated rings. The predicted octanol–water partition coefficient (Wildman–Crippen LogP) is 2.68. The Kier molecular flexibility index (Phi) is 3.26. The SMILES string of the molecule is CC(C)(C)c1nc(C2(N)CSCCC2(C)C)no1. The van der Waals surface area contributed by atoms with Crippen LogP contribution in [-0.2, 0) is 11.0 Å². The minimum Gasteiger partial charge on any atom is -0.339 e. The maximum absolute atomic E-state index is 6.61. The lowest BCUT2D eigenvalue weighted by molar-refractivity contribution is 0.161. The van der Waals surface area contributed by atoms with Crippen molar-refractivity contribution in [3.63, 3.8) is 0 Å². The molecule has 1 saturated heterocycles. The fourth-order valence-electron chi connectivity index (χ4n) is 2.06. The zero-order valence-electron chi connectivity index (χ0n) is 11.9. The second-order valence-electron chi connectivity index (χ2n) is 6.83. The van der Waals surface area contributed by atoms with Crippen molar-refractivity contribution in [1.82, 2.24) is 10.1 Å². The van der Waals surface area contributed by atoms with Crippen molar-refractivity contribution < 1.29 is 4.52 Å². The molecule has 0 bridgehead atoms. The van der Waals surface area contributed by atoms with Crippen LogP contribution in [0, 0.1) is 5.41 Å². The van der Waals surface area contributed by atoms with Gasteiger partial charge in [0, 0.05) is 11.2 Å². The molecule has 0 amide bonds. The van der Waals surface area contributed by atoms with Crippen LogP contribution in [0.2, 0.25) is 0 Å². The summed E-state index contributed by atoms with van der Waals surface area (Å²) in [5.74, 6) is 3.32. The molecule has 1 aromatic rings. The molecule has 2 heterocycles. The first kappa shape index (κ1) is 13.9. The summed E-state index contributed by atoms with van der Waals surface area (Å²) in [5.41, 5.74) is 5.98. The van der Waals surface area contributed by atoms with Gasteiger partial charge in [0.15, 0.2) is 5.82 Å². The van der Waals surface area contributed by atoms with Gasteiger partial charge in [-0.1, -0.05) is 39.8 Å². The Labute approximate surface area is 113 Å². The molecule has 5 heteroatoms. The Morgan fingerprint density at radius 3 is 2.50 bits per heavy atom. The Hall–Kier alpha value is -0.550. The Bertz CT molecular complexity index is 436. The van der Waals surface area contributed by atoms with Crippen molar-refractivity contribution in [1.29, 1.82) is 0 Å². The Balaban J connectivity index is 2.38. The van der Waals surface area contributed by atoms with Crippen LogP contribution in [0.3, 0.4) is 0 Å². The van der Waals surface area contributed by atoms with Gasteiger partial charge < -0.3 is 10.3 Å². The maximum atomic E-state index is 6.61. The van der Waals surface area contributed by atoms with Gasteiger partial charge in [-0.05, 0) is 17.6 Å². The molecule has 4 nitrogen and oxygen atoms in total. The predicted molar refractivity (Wildman–Crippen MR) is 74.6 cm³/mol. The summed E-state index contributed by atoms with van der Waals surface area (Å²) in [6.07, 6.45) is 1.08. The molecule has 1 aliphatic rings. The first-order valence-electron chi connectivity index (χ1n) is 6.38. The van der Waals surface area contributed by atoms with E-state index in [0.29, 0.717) is 11.7 Å². The largest absolute Gasteiger partial charge is 0.339 e. The zero-order valence-corrected chi connectivity index (χ0v) is 12.7. The summed E-state index contributed by atoms with van der Waals surface area (Å²) < 4.78 is 5.39. The maximum Gasteiger partial charge on any atom is 0.232 e. The molecule has 1 aliphatic heterocycles. The molecular formula is C13H23N3OS. The molecule has 0 radical (unpaired) electrons. The second-order valence-corrected chi connectivity index (χ2v) is 7.94. The van der Waals surface area contributed by atoms with Crippen molar-refractivity contribution in [3.05, 3.63) is 11.7 Å². The van der Waals surface area contributed by atoms with Crippen LogP contribution < -0.4 is 5.73 Å². The molecule has 0 aromatic carbocycles. The monoisotopic (exact) mass is 269 g/mol. The molecule has 0 saturated carbocycles. The highest BCUT2D eigenvalue weighted by Crippen LogP contribution is 2.46. The number of rotatable bonds is 1. The molecule has 2 N–H and O–H groups in total. The number of hydrogen-bond donors (Lipinski definition) is 1. The summed E-state index contributed by atoms with van der Waals surface area (Å²) in [7, 11) is 0. The molecule has 2 rings (SSSR count). The topological polar surface area (TPSA) is 64.9 Å². The van der Waals surface area contributed by atoms with E-state index < -0.39 is 5.54 Å². The van der Waals surface area contributed by atoms with Crippen LogP contribution in [-0.4, -0.2) is 21.6 Å². The van der Waals surface area contributed by atoms with Crippen molar-refractivity contribution >= 4 is 11.8 Å². The number of hydrogen-bond acceptors (Lipinski definition) is 5. The van der Waals surface area contributed by atoms with Gasteiger partial charge in [0.2, 0.25) is 5.89 Å². The summed E-state index contributed by atoms with van der Waals surface area (Å²) in [6, 6.07) is 0. The van der Waals surface area contributed by atoms with Crippen molar-refractivity contribution in [2.75, 3.05) is 11.5 Å². The first-order chi connectivity index (χ1) is 8.17. The van der Waals surface area contributed by atoms with Crippen molar-refractivity contribution in [2.45, 2.75) is 52.0 Å². The standard InChI is InChI=1S/C13H23N3OS/c1-11(2,3)10-15-9(16-17-10)13(14)8-18-7-6-12(13,4)5/h6-8,14H2,1-5H3. The van der Waals surface area contributed by atoms with Gasteiger partial charge >= 0.3 is 0 Å². The second kappa shape index (κ2) is 4.23. The van der Waals surface area contributed by atoms with E-state index in [2.05, 4.69) is 44.8 Å². The third-order valence-corrected chi connectivity index (χ3v) is 5.03. The number of thioether (sulfide) groups is 1. The van der Waals surface area contributed by atoms with Crippen LogP contribution in [0.15, 0.2) is 4.52 Å². The van der Waals surface area contributed by atoms with Crippen LogP contribution in [0.4, 0.5) is 0 Å². The fourth-order valence-corrected chi connectivity index (χ4v) is 3.70. The summed E-state index contributed by atoms with van der Waals surface area (Å²) in [4.78, 5) is 4.56. The van der Waals surface area contributed by atoms with Gasteiger partial charge in [-0.2, -0.15) is 16.7 Å². The normalized spacial score (nSPS) is 28.3. The quantitative estimate of drug-likeness (QED) is 0.849. The summed E-state index contributed by atoms with van der Waals surface area (Å²) in [5, 5.41) is 4.15. The minimum atomic E-state index is -0.497. The lowest BCUT2D eigenvalue weighted by Gasteiger charge is -2.45. The molecule has 1 atom stereocenters. The van der Waals surface area contributed by atoms with Gasteiger partial charge in [-0.25, -0.2) is 0 Å². The van der Waals surface area contributed by atoms with Gasteiger partial charge in [-0.15, -0.1) is 0 Å². The van der Waals surface area contributed by atoms with E-state index >= 15 is 0 Å². The minimum absolute atomic E-state index is 0.00270. The molecule has 1 aromatic heterocycles. The molecular weight excluding hydrogens is 246 g/mol. The highest BCUT2D eigenvalue weighted by molar-refractivity contribution is 7.99. The number of aromatic nitrogens is 2. The van der Waals surface area contributed by atoms with E-state index in [-0.39, 0.29) is 10.8 Å². The van der Waals surface area contributed by atoms with Crippen LogP contribution in [0.1, 0.15) is 52.8 Å². The van der Waals surface area contributed by atoms with E-state index in [1.54, 1.807) is 0 Å². The lowest BCUT2D eigenvalue weighted by Crippen LogP contribution is -2.55. The highest BCUT2D eigenvalue weighted by atomic mass is 32.2. The third kappa shape index (κ3) is 2.18. The zero-order chi connectivity index (χ0) is 13.6. The Morgan fingerprint density at radius 1 is 1.33 bits per heavy atom. The molecule has 1 unspecified atom stereocenters. The number of nitrogens with zero attached hydrogens (tertiary/aromatic N) is 2. The van der Waals surface area contributed by atoms with Crippen molar-refractivity contribution in [2.24, 2.45) is 11.1 Å². The van der Waals surface area contributed by atoms with Gasteiger partial charge in [-0.3, -0.25) is 0 Å². The fraction of sp³-hybridized carbons (Fsp3) is 0.846. The van der Waals surface area contributed by atoms with E-state index in [0.717, 1.165) is 17.9 Å². The van der Waals surface area contributed by atoms with E-state index in [1.165, 1.54) is 0 Å². The summed E-state index contributed by atoms with van der Waals surface area (Å²) >= 11 is 1.87.